The molecule has 0 aliphatic carbocycles. The van der Waals surface area contributed by atoms with Crippen molar-refractivity contribution in [2.24, 2.45) is 5.73 Å². The molecule has 0 unspecified atom stereocenters. The Bertz CT molecular complexity index is 427. The fourth-order valence-corrected chi connectivity index (χ4v) is 1.79. The van der Waals surface area contributed by atoms with E-state index in [1.165, 1.54) is 0 Å². The Hall–Kier alpha value is -1.43. The minimum atomic E-state index is -0.0808. The highest BCUT2D eigenvalue weighted by Crippen LogP contribution is 2.08. The van der Waals surface area contributed by atoms with E-state index in [1.54, 1.807) is 15.6 Å². The van der Waals surface area contributed by atoms with Crippen molar-refractivity contribution in [2.45, 2.75) is 27.3 Å². The molecule has 1 heterocycles. The predicted molar refractivity (Wildman–Crippen MR) is 71.0 cm³/mol. The van der Waals surface area contributed by atoms with Crippen molar-refractivity contribution in [1.82, 2.24) is 14.7 Å². The number of likely N-dealkylation sites (N-methyl/N-ethyl adjacent to an activating group) is 1. The smallest absolute Gasteiger partial charge is 0.272 e. The third kappa shape index (κ3) is 3.26. The maximum atomic E-state index is 12.3. The van der Waals surface area contributed by atoms with Crippen LogP contribution in [0.4, 0.5) is 0 Å². The molecule has 0 aromatic carbocycles. The van der Waals surface area contributed by atoms with Gasteiger partial charge in [0.2, 0.25) is 0 Å². The third-order valence-corrected chi connectivity index (χ3v) is 2.57. The lowest BCUT2D eigenvalue weighted by molar-refractivity contribution is 0.0775. The molecule has 0 aliphatic rings. The minimum Gasteiger partial charge on any atom is -0.392 e. The van der Waals surface area contributed by atoms with Crippen molar-refractivity contribution < 1.29 is 4.79 Å². The molecule has 0 aliphatic heterocycles. The molecule has 1 aromatic rings. The summed E-state index contributed by atoms with van der Waals surface area (Å²) in [5.74, 6) is -0.0808. The molecule has 0 atom stereocenters. The van der Waals surface area contributed by atoms with Crippen LogP contribution < -0.4 is 5.73 Å². The fraction of sp³-hybridized carbons (Fsp3) is 0.545. The van der Waals surface area contributed by atoms with Gasteiger partial charge < -0.3 is 10.6 Å². The van der Waals surface area contributed by atoms with Crippen molar-refractivity contribution in [2.75, 3.05) is 13.1 Å². The maximum absolute atomic E-state index is 12.3. The maximum Gasteiger partial charge on any atom is 0.272 e. The van der Waals surface area contributed by atoms with Gasteiger partial charge in [-0.05, 0) is 26.8 Å². The van der Waals surface area contributed by atoms with Crippen molar-refractivity contribution >= 4 is 23.1 Å². The van der Waals surface area contributed by atoms with Crippen LogP contribution in [0.3, 0.4) is 0 Å². The Morgan fingerprint density at radius 1 is 1.59 bits per heavy atom. The average Bonchev–Trinajstić information content (AvgIpc) is 2.66. The van der Waals surface area contributed by atoms with Crippen LogP contribution in [0.1, 0.15) is 30.0 Å². The number of hydrogen-bond acceptors (Lipinski definition) is 3. The van der Waals surface area contributed by atoms with E-state index in [-0.39, 0.29) is 5.91 Å². The second kappa shape index (κ2) is 5.77. The summed E-state index contributed by atoms with van der Waals surface area (Å²) < 4.78 is 1.69. The standard InChI is InChI=1S/C11H18N4OS/c1-4-14(7-10(12)17)11(16)9-6-8(3)13-15(9)5-2/h6H,4-5,7H2,1-3H3,(H2,12,17). The van der Waals surface area contributed by atoms with Gasteiger partial charge in [0.25, 0.3) is 5.91 Å². The Morgan fingerprint density at radius 2 is 2.24 bits per heavy atom. The number of thiocarbonyl (C=S) groups is 1. The molecular weight excluding hydrogens is 236 g/mol. The van der Waals surface area contributed by atoms with E-state index in [9.17, 15) is 4.79 Å². The van der Waals surface area contributed by atoms with Crippen LogP contribution in [0.5, 0.6) is 0 Å². The summed E-state index contributed by atoms with van der Waals surface area (Å²) in [6.07, 6.45) is 0. The van der Waals surface area contributed by atoms with Crippen LogP contribution in [0, 0.1) is 6.92 Å². The van der Waals surface area contributed by atoms with Crippen molar-refractivity contribution in [3.8, 4) is 0 Å². The van der Waals surface area contributed by atoms with Gasteiger partial charge in [0, 0.05) is 13.1 Å². The molecule has 0 saturated heterocycles. The zero-order valence-corrected chi connectivity index (χ0v) is 11.3. The first-order valence-electron chi connectivity index (χ1n) is 5.61. The molecule has 0 radical (unpaired) electrons. The number of carbonyl (C=O) groups excluding carboxylic acids is 1. The highest BCUT2D eigenvalue weighted by atomic mass is 32.1. The summed E-state index contributed by atoms with van der Waals surface area (Å²) in [6.45, 7) is 7.26. The largest absolute Gasteiger partial charge is 0.392 e. The second-order valence-corrected chi connectivity index (χ2v) is 4.30. The lowest BCUT2D eigenvalue weighted by Crippen LogP contribution is -2.38. The molecule has 1 amide bonds. The first kappa shape index (κ1) is 13.6. The number of carbonyl (C=O) groups is 1. The van der Waals surface area contributed by atoms with Gasteiger partial charge >= 0.3 is 0 Å². The number of aryl methyl sites for hydroxylation is 2. The Balaban J connectivity index is 2.96. The number of nitrogens with two attached hydrogens (primary N) is 1. The zero-order chi connectivity index (χ0) is 13.0. The van der Waals surface area contributed by atoms with Crippen LogP contribution in [0.2, 0.25) is 0 Å². The van der Waals surface area contributed by atoms with Crippen molar-refractivity contribution in [1.29, 1.82) is 0 Å². The number of hydrogen-bond donors (Lipinski definition) is 1. The Kier molecular flexibility index (Phi) is 4.62. The lowest BCUT2D eigenvalue weighted by atomic mass is 10.3. The SMILES string of the molecule is CCN(CC(N)=S)C(=O)c1cc(C)nn1CC. The molecule has 0 fully saturated rings. The van der Waals surface area contributed by atoms with Gasteiger partial charge in [0.05, 0.1) is 17.2 Å². The average molecular weight is 254 g/mol. The van der Waals surface area contributed by atoms with E-state index in [0.29, 0.717) is 30.3 Å². The predicted octanol–water partition coefficient (Wildman–Crippen LogP) is 0.960. The first-order valence-corrected chi connectivity index (χ1v) is 6.02. The van der Waals surface area contributed by atoms with Gasteiger partial charge in [-0.3, -0.25) is 9.48 Å². The summed E-state index contributed by atoms with van der Waals surface area (Å²) >= 11 is 4.84. The summed E-state index contributed by atoms with van der Waals surface area (Å²) in [5, 5.41) is 4.25. The Labute approximate surface area is 107 Å². The van der Waals surface area contributed by atoms with Crippen molar-refractivity contribution in [3.63, 3.8) is 0 Å². The van der Waals surface area contributed by atoms with Gasteiger partial charge in [-0.1, -0.05) is 12.2 Å². The highest BCUT2D eigenvalue weighted by Gasteiger charge is 2.19. The molecule has 6 heteroatoms. The number of amides is 1. The van der Waals surface area contributed by atoms with Gasteiger partial charge in [-0.2, -0.15) is 5.10 Å². The molecule has 5 nitrogen and oxygen atoms in total. The van der Waals surface area contributed by atoms with E-state index in [1.807, 2.05) is 20.8 Å². The van der Waals surface area contributed by atoms with Gasteiger partial charge in [0.1, 0.15) is 5.69 Å². The van der Waals surface area contributed by atoms with Crippen molar-refractivity contribution in [3.05, 3.63) is 17.5 Å². The molecular formula is C11H18N4OS. The highest BCUT2D eigenvalue weighted by molar-refractivity contribution is 7.80. The molecule has 17 heavy (non-hydrogen) atoms. The van der Waals surface area contributed by atoms with E-state index >= 15 is 0 Å². The van der Waals surface area contributed by atoms with Crippen LogP contribution in [-0.4, -0.2) is 38.7 Å². The van der Waals surface area contributed by atoms with E-state index < -0.39 is 0 Å². The molecule has 94 valence electrons. The van der Waals surface area contributed by atoms with Crippen LogP contribution in [-0.2, 0) is 6.54 Å². The van der Waals surface area contributed by atoms with Gasteiger partial charge in [-0.25, -0.2) is 0 Å². The summed E-state index contributed by atoms with van der Waals surface area (Å²) in [4.78, 5) is 14.2. The summed E-state index contributed by atoms with van der Waals surface area (Å²) in [5.41, 5.74) is 6.90. The normalized spacial score (nSPS) is 10.3. The fourth-order valence-electron chi connectivity index (χ4n) is 1.64. The number of aromatic nitrogens is 2. The molecule has 0 bridgehead atoms. The van der Waals surface area contributed by atoms with Crippen LogP contribution in [0.25, 0.3) is 0 Å². The summed E-state index contributed by atoms with van der Waals surface area (Å²) in [6, 6.07) is 1.79. The number of nitrogens with zero attached hydrogens (tertiary/aromatic N) is 3. The lowest BCUT2D eigenvalue weighted by Gasteiger charge is -2.20. The molecule has 1 aromatic heterocycles. The van der Waals surface area contributed by atoms with Gasteiger partial charge in [0.15, 0.2) is 0 Å². The van der Waals surface area contributed by atoms with Crippen LogP contribution in [0.15, 0.2) is 6.07 Å². The van der Waals surface area contributed by atoms with Gasteiger partial charge in [-0.15, -0.1) is 0 Å². The number of rotatable bonds is 5. The van der Waals surface area contributed by atoms with E-state index in [0.717, 1.165) is 5.69 Å². The molecule has 1 rings (SSSR count). The topological polar surface area (TPSA) is 64.2 Å². The third-order valence-electron chi connectivity index (χ3n) is 2.44. The quantitative estimate of drug-likeness (QED) is 0.795. The summed E-state index contributed by atoms with van der Waals surface area (Å²) in [7, 11) is 0. The monoisotopic (exact) mass is 254 g/mol. The van der Waals surface area contributed by atoms with Crippen LogP contribution >= 0.6 is 12.2 Å². The molecule has 2 N–H and O–H groups in total. The van der Waals surface area contributed by atoms with E-state index in [4.69, 9.17) is 18.0 Å². The molecule has 0 spiro atoms. The second-order valence-electron chi connectivity index (χ2n) is 3.77. The first-order chi connectivity index (χ1) is 7.99. The van der Waals surface area contributed by atoms with E-state index in [2.05, 4.69) is 5.10 Å². The zero-order valence-electron chi connectivity index (χ0n) is 10.4. The Morgan fingerprint density at radius 3 is 2.71 bits per heavy atom. The molecule has 0 saturated carbocycles. The minimum absolute atomic E-state index is 0.0808.